The van der Waals surface area contributed by atoms with Crippen molar-refractivity contribution >= 4 is 11.9 Å². The first-order valence-electron chi connectivity index (χ1n) is 7.85. The van der Waals surface area contributed by atoms with Crippen LogP contribution in [0.2, 0.25) is 0 Å². The fraction of sp³-hybridized carbons (Fsp3) is 0.556. The molecule has 0 bridgehead atoms. The highest BCUT2D eigenvalue weighted by atomic mass is 16.5. The van der Waals surface area contributed by atoms with Gasteiger partial charge in [0.2, 0.25) is 5.91 Å². The van der Waals surface area contributed by atoms with E-state index in [0.717, 1.165) is 18.6 Å². The molecule has 128 valence electrons. The molecule has 1 aromatic carbocycles. The van der Waals surface area contributed by atoms with Gasteiger partial charge in [0.15, 0.2) is 0 Å². The molecule has 0 N–H and O–H groups in total. The second-order valence-corrected chi connectivity index (χ2v) is 5.72. The third-order valence-electron chi connectivity index (χ3n) is 4.29. The molecule has 5 heteroatoms. The second kappa shape index (κ2) is 8.67. The molecular weight excluding hydrogens is 294 g/mol. The summed E-state index contributed by atoms with van der Waals surface area (Å²) in [6.45, 7) is 7.01. The van der Waals surface area contributed by atoms with Crippen molar-refractivity contribution in [3.8, 4) is 0 Å². The lowest BCUT2D eigenvalue weighted by Crippen LogP contribution is -2.44. The van der Waals surface area contributed by atoms with Gasteiger partial charge < -0.3 is 14.4 Å². The van der Waals surface area contributed by atoms with Gasteiger partial charge in [0.05, 0.1) is 12.5 Å². The molecule has 1 heterocycles. The number of benzene rings is 1. The van der Waals surface area contributed by atoms with Crippen molar-refractivity contribution in [3.05, 3.63) is 35.9 Å². The molecule has 1 unspecified atom stereocenters. The predicted molar refractivity (Wildman–Crippen MR) is 89.2 cm³/mol. The highest BCUT2D eigenvalue weighted by Gasteiger charge is 2.46. The van der Waals surface area contributed by atoms with Crippen LogP contribution in [0.4, 0.5) is 0 Å². The summed E-state index contributed by atoms with van der Waals surface area (Å²) in [6, 6.07) is 9.19. The lowest BCUT2D eigenvalue weighted by atomic mass is 9.81. The van der Waals surface area contributed by atoms with E-state index in [0.29, 0.717) is 6.54 Å². The third-order valence-corrected chi connectivity index (χ3v) is 4.29. The van der Waals surface area contributed by atoms with Crippen LogP contribution in [-0.4, -0.2) is 50.2 Å². The Balaban J connectivity index is 0.000000593. The molecule has 0 saturated carbocycles. The number of methoxy groups -OCH3 is 2. The average Bonchev–Trinajstić information content (AvgIpc) is 2.91. The van der Waals surface area contributed by atoms with Crippen LogP contribution in [0.1, 0.15) is 32.8 Å². The maximum Gasteiger partial charge on any atom is 0.328 e. The van der Waals surface area contributed by atoms with Gasteiger partial charge >= 0.3 is 5.97 Å². The number of nitrogens with zero attached hydrogens (tertiary/aromatic N) is 1. The number of ether oxygens (including phenoxy) is 2. The summed E-state index contributed by atoms with van der Waals surface area (Å²) in [5, 5.41) is 0. The van der Waals surface area contributed by atoms with E-state index in [1.54, 1.807) is 18.9 Å². The quantitative estimate of drug-likeness (QED) is 0.799. The number of carbonyl (C=O) groups is 2. The number of hydrogen-bond acceptors (Lipinski definition) is 4. The van der Waals surface area contributed by atoms with Crippen molar-refractivity contribution in [1.82, 2.24) is 4.90 Å². The van der Waals surface area contributed by atoms with Crippen molar-refractivity contribution in [2.24, 2.45) is 0 Å². The Hall–Kier alpha value is -1.88. The van der Waals surface area contributed by atoms with Gasteiger partial charge in [0.1, 0.15) is 6.04 Å². The first-order chi connectivity index (χ1) is 10.9. The summed E-state index contributed by atoms with van der Waals surface area (Å²) in [5.41, 5.74) is 0.461. The van der Waals surface area contributed by atoms with Crippen LogP contribution < -0.4 is 0 Å². The van der Waals surface area contributed by atoms with Crippen LogP contribution in [0, 0.1) is 0 Å². The van der Waals surface area contributed by atoms with Gasteiger partial charge in [0, 0.05) is 20.3 Å². The molecule has 1 aromatic rings. The van der Waals surface area contributed by atoms with E-state index in [1.165, 1.54) is 7.11 Å². The smallest absolute Gasteiger partial charge is 0.328 e. The van der Waals surface area contributed by atoms with E-state index in [-0.39, 0.29) is 11.9 Å². The Kier molecular flexibility index (Phi) is 7.23. The summed E-state index contributed by atoms with van der Waals surface area (Å²) in [4.78, 5) is 25.8. The molecule has 0 aliphatic carbocycles. The maximum absolute atomic E-state index is 12.6. The summed E-state index contributed by atoms with van der Waals surface area (Å²) in [7, 11) is 3.02. The zero-order valence-electron chi connectivity index (χ0n) is 14.7. The number of esters is 1. The lowest BCUT2D eigenvalue weighted by Gasteiger charge is -2.26. The van der Waals surface area contributed by atoms with Crippen molar-refractivity contribution in [1.29, 1.82) is 0 Å². The van der Waals surface area contributed by atoms with E-state index >= 15 is 0 Å². The normalized spacial score (nSPS) is 21.4. The molecule has 5 nitrogen and oxygen atoms in total. The zero-order valence-corrected chi connectivity index (χ0v) is 14.7. The predicted octanol–water partition coefficient (Wildman–Crippen LogP) is 2.39. The van der Waals surface area contributed by atoms with Crippen molar-refractivity contribution < 1.29 is 19.1 Å². The van der Waals surface area contributed by atoms with Crippen LogP contribution in [0.5, 0.6) is 0 Å². The van der Waals surface area contributed by atoms with Gasteiger partial charge in [-0.1, -0.05) is 30.3 Å². The van der Waals surface area contributed by atoms with E-state index in [4.69, 9.17) is 4.74 Å². The van der Waals surface area contributed by atoms with E-state index in [9.17, 15) is 9.59 Å². The summed E-state index contributed by atoms with van der Waals surface area (Å²) in [6.07, 6.45) is 0.719. The summed E-state index contributed by atoms with van der Waals surface area (Å²) < 4.78 is 9.26. The second-order valence-electron chi connectivity index (χ2n) is 5.72. The SMILES string of the molecule is CCOC.COC(=O)[C@@H](C)N1CCC(C)(c2ccccc2)C1=O. The monoisotopic (exact) mass is 321 g/mol. The van der Waals surface area contributed by atoms with Gasteiger partial charge in [-0.3, -0.25) is 4.79 Å². The Labute approximate surface area is 138 Å². The number of likely N-dealkylation sites (tertiary alicyclic amines) is 1. The molecular formula is C18H27NO4. The minimum Gasteiger partial charge on any atom is -0.467 e. The molecule has 1 aliphatic rings. The first-order valence-corrected chi connectivity index (χ1v) is 7.85. The fourth-order valence-corrected chi connectivity index (χ4v) is 2.61. The van der Waals surface area contributed by atoms with Gasteiger partial charge in [-0.25, -0.2) is 4.79 Å². The largest absolute Gasteiger partial charge is 0.467 e. The number of rotatable bonds is 4. The van der Waals surface area contributed by atoms with Crippen LogP contribution in [0.25, 0.3) is 0 Å². The standard InChI is InChI=1S/C15H19NO3.C3H8O/c1-11(13(17)19-3)16-10-9-15(2,14(16)18)12-7-5-4-6-8-12;1-3-4-2/h4-8,11H,9-10H2,1-3H3;3H2,1-2H3/t11-,15?;/m1./s1. The van der Waals surface area contributed by atoms with Crippen molar-refractivity contribution in [2.75, 3.05) is 27.4 Å². The highest BCUT2D eigenvalue weighted by molar-refractivity contribution is 5.93. The molecule has 0 radical (unpaired) electrons. The third kappa shape index (κ3) is 4.32. The topological polar surface area (TPSA) is 55.8 Å². The van der Waals surface area contributed by atoms with E-state index in [1.807, 2.05) is 44.2 Å². The maximum atomic E-state index is 12.6. The molecule has 1 saturated heterocycles. The minimum absolute atomic E-state index is 0.00315. The first kappa shape index (κ1) is 19.2. The lowest BCUT2D eigenvalue weighted by molar-refractivity contribution is -0.151. The van der Waals surface area contributed by atoms with Gasteiger partial charge in [-0.15, -0.1) is 0 Å². The van der Waals surface area contributed by atoms with Gasteiger partial charge in [-0.05, 0) is 32.8 Å². The Morgan fingerprint density at radius 1 is 1.30 bits per heavy atom. The number of amides is 1. The molecule has 1 aliphatic heterocycles. The van der Waals surface area contributed by atoms with Crippen molar-refractivity contribution in [2.45, 2.75) is 38.6 Å². The number of carbonyl (C=O) groups excluding carboxylic acids is 2. The Morgan fingerprint density at radius 3 is 2.35 bits per heavy atom. The van der Waals surface area contributed by atoms with E-state index in [2.05, 4.69) is 4.74 Å². The average molecular weight is 321 g/mol. The van der Waals surface area contributed by atoms with Gasteiger partial charge in [-0.2, -0.15) is 0 Å². The molecule has 2 atom stereocenters. The van der Waals surface area contributed by atoms with Gasteiger partial charge in [0.25, 0.3) is 0 Å². The van der Waals surface area contributed by atoms with Crippen molar-refractivity contribution in [3.63, 3.8) is 0 Å². The van der Waals surface area contributed by atoms with E-state index < -0.39 is 11.5 Å². The Morgan fingerprint density at radius 2 is 1.87 bits per heavy atom. The molecule has 1 fully saturated rings. The number of hydrogen-bond donors (Lipinski definition) is 0. The zero-order chi connectivity index (χ0) is 17.5. The molecule has 23 heavy (non-hydrogen) atoms. The molecule has 2 rings (SSSR count). The van der Waals surface area contributed by atoms with Crippen LogP contribution in [0.15, 0.2) is 30.3 Å². The molecule has 1 amide bonds. The van der Waals surface area contributed by atoms with Crippen LogP contribution in [0.3, 0.4) is 0 Å². The van der Waals surface area contributed by atoms with Crippen LogP contribution in [-0.2, 0) is 24.5 Å². The Bertz CT molecular complexity index is 515. The summed E-state index contributed by atoms with van der Waals surface area (Å²) in [5.74, 6) is -0.373. The minimum atomic E-state index is -0.538. The fourth-order valence-electron chi connectivity index (χ4n) is 2.61. The molecule has 0 aromatic heterocycles. The summed E-state index contributed by atoms with van der Waals surface area (Å²) >= 11 is 0. The van der Waals surface area contributed by atoms with Crippen LogP contribution >= 0.6 is 0 Å². The highest BCUT2D eigenvalue weighted by Crippen LogP contribution is 2.36. The molecule has 0 spiro atoms.